The first-order chi connectivity index (χ1) is 15.8. The van der Waals surface area contributed by atoms with Crippen molar-refractivity contribution >= 4 is 21.9 Å². The third-order valence-electron chi connectivity index (χ3n) is 5.30. The van der Waals surface area contributed by atoms with Gasteiger partial charge in [0, 0.05) is 11.8 Å². The molecule has 1 unspecified atom stereocenters. The molecular formula is C23H20FN3O5S. The van der Waals surface area contributed by atoms with Crippen LogP contribution in [0.15, 0.2) is 59.5 Å². The molecule has 0 radical (unpaired) electrons. The van der Waals surface area contributed by atoms with Crippen molar-refractivity contribution in [2.75, 3.05) is 10.9 Å². The van der Waals surface area contributed by atoms with Crippen LogP contribution in [-0.2, 0) is 14.8 Å². The summed E-state index contributed by atoms with van der Waals surface area (Å²) in [6.07, 6.45) is -0.512. The van der Waals surface area contributed by atoms with E-state index in [1.807, 2.05) is 6.92 Å². The zero-order valence-corrected chi connectivity index (χ0v) is 18.7. The maximum Gasteiger partial charge on any atom is 0.513 e. The number of nitrogens with zero attached hydrogens (tertiary/aromatic N) is 3. The number of carbonyl (C=O) groups is 1. The third-order valence-corrected chi connectivity index (χ3v) is 7.13. The van der Waals surface area contributed by atoms with Crippen molar-refractivity contribution in [3.8, 4) is 17.5 Å². The zero-order valence-electron chi connectivity index (χ0n) is 17.9. The second-order valence-corrected chi connectivity index (χ2v) is 9.02. The van der Waals surface area contributed by atoms with Crippen molar-refractivity contribution in [1.82, 2.24) is 4.57 Å². The molecule has 1 aromatic heterocycles. The fourth-order valence-corrected chi connectivity index (χ4v) is 5.63. The highest BCUT2D eigenvalue weighted by atomic mass is 32.2. The number of sulfonamides is 1. The minimum absolute atomic E-state index is 0.0621. The molecule has 2 aromatic carbocycles. The molecule has 170 valence electrons. The van der Waals surface area contributed by atoms with Crippen LogP contribution in [0.2, 0.25) is 0 Å². The number of halogens is 1. The van der Waals surface area contributed by atoms with Gasteiger partial charge in [0.2, 0.25) is 0 Å². The molecule has 0 saturated carbocycles. The van der Waals surface area contributed by atoms with Gasteiger partial charge >= 0.3 is 6.16 Å². The van der Waals surface area contributed by atoms with Crippen molar-refractivity contribution in [2.24, 2.45) is 0 Å². The second kappa shape index (κ2) is 8.60. The van der Waals surface area contributed by atoms with Gasteiger partial charge < -0.3 is 14.0 Å². The summed E-state index contributed by atoms with van der Waals surface area (Å²) in [5, 5.41) is 9.53. The monoisotopic (exact) mass is 469 g/mol. The van der Waals surface area contributed by atoms with Crippen LogP contribution in [0.4, 0.5) is 14.9 Å². The van der Waals surface area contributed by atoms with E-state index in [9.17, 15) is 22.9 Å². The standard InChI is InChI=1S/C23H20FN3O5S/c1-3-19-20-12-6-16(14-25)26(20)21-11-5-15(24)13-22(21)27(19)33(29,30)18-9-7-17(8-10-18)32-23(28)31-4-2/h5-13,19H,3-4H2,1-2H3. The fourth-order valence-electron chi connectivity index (χ4n) is 3.93. The largest absolute Gasteiger partial charge is 0.513 e. The van der Waals surface area contributed by atoms with Crippen molar-refractivity contribution in [2.45, 2.75) is 31.2 Å². The summed E-state index contributed by atoms with van der Waals surface area (Å²) < 4.78 is 54.3. The molecule has 0 amide bonds. The number of fused-ring (bicyclic) bond motifs is 3. The molecule has 0 N–H and O–H groups in total. The fraction of sp³-hybridized carbons (Fsp3) is 0.217. The summed E-state index contributed by atoms with van der Waals surface area (Å²) >= 11 is 0. The highest BCUT2D eigenvalue weighted by molar-refractivity contribution is 7.92. The van der Waals surface area contributed by atoms with Crippen molar-refractivity contribution in [3.63, 3.8) is 0 Å². The molecule has 10 heteroatoms. The second-order valence-electron chi connectivity index (χ2n) is 7.21. The molecule has 3 aromatic rings. The van der Waals surface area contributed by atoms with Gasteiger partial charge in [-0.25, -0.2) is 17.6 Å². The summed E-state index contributed by atoms with van der Waals surface area (Å²) in [6, 6.07) is 13.9. The highest BCUT2D eigenvalue weighted by Gasteiger charge is 2.39. The van der Waals surface area contributed by atoms with Gasteiger partial charge in [0.15, 0.2) is 0 Å². The number of anilines is 1. The first-order valence-corrected chi connectivity index (χ1v) is 11.7. The summed E-state index contributed by atoms with van der Waals surface area (Å²) in [5.41, 5.74) is 1.46. The smallest absolute Gasteiger partial charge is 0.434 e. The van der Waals surface area contributed by atoms with Crippen LogP contribution in [0, 0.1) is 17.1 Å². The van der Waals surface area contributed by atoms with Gasteiger partial charge in [-0.15, -0.1) is 0 Å². The van der Waals surface area contributed by atoms with Gasteiger partial charge in [0.25, 0.3) is 10.0 Å². The van der Waals surface area contributed by atoms with E-state index >= 15 is 0 Å². The molecule has 0 spiro atoms. The van der Waals surface area contributed by atoms with Gasteiger partial charge in [0.05, 0.1) is 28.9 Å². The maximum atomic E-state index is 14.3. The van der Waals surface area contributed by atoms with Crippen LogP contribution >= 0.6 is 0 Å². The average Bonchev–Trinajstić information content (AvgIpc) is 3.22. The summed E-state index contributed by atoms with van der Waals surface area (Å²) in [5.74, 6) is -0.479. The Bertz CT molecular complexity index is 1360. The number of aromatic nitrogens is 1. The summed E-state index contributed by atoms with van der Waals surface area (Å²) in [6.45, 7) is 3.59. The molecule has 0 aliphatic carbocycles. The topological polar surface area (TPSA) is 102 Å². The maximum absolute atomic E-state index is 14.3. The molecule has 0 saturated heterocycles. The number of rotatable bonds is 5. The summed E-state index contributed by atoms with van der Waals surface area (Å²) in [4.78, 5) is 11.4. The van der Waals surface area contributed by atoms with E-state index in [0.717, 1.165) is 6.07 Å². The Labute approximate surface area is 190 Å². The van der Waals surface area contributed by atoms with E-state index in [1.165, 1.54) is 40.7 Å². The average molecular weight is 469 g/mol. The molecule has 33 heavy (non-hydrogen) atoms. The summed E-state index contributed by atoms with van der Waals surface area (Å²) in [7, 11) is -4.15. The Morgan fingerprint density at radius 1 is 1.09 bits per heavy atom. The van der Waals surface area contributed by atoms with Gasteiger partial charge in [-0.1, -0.05) is 6.92 Å². The molecule has 0 bridgehead atoms. The Morgan fingerprint density at radius 2 is 1.82 bits per heavy atom. The van der Waals surface area contributed by atoms with Gasteiger partial charge in [0.1, 0.15) is 23.3 Å². The van der Waals surface area contributed by atoms with E-state index in [1.54, 1.807) is 23.6 Å². The Balaban J connectivity index is 1.81. The minimum Gasteiger partial charge on any atom is -0.434 e. The lowest BCUT2D eigenvalue weighted by atomic mass is 10.1. The Hall–Kier alpha value is -3.84. The normalized spacial score (nSPS) is 14.7. The Kier molecular flexibility index (Phi) is 5.82. The first-order valence-electron chi connectivity index (χ1n) is 10.2. The van der Waals surface area contributed by atoms with Gasteiger partial charge in [-0.05, 0) is 61.9 Å². The van der Waals surface area contributed by atoms with E-state index in [-0.39, 0.29) is 22.9 Å². The molecule has 0 fully saturated rings. The lowest BCUT2D eigenvalue weighted by molar-refractivity contribution is 0.104. The zero-order chi connectivity index (χ0) is 23.8. The van der Waals surface area contributed by atoms with Gasteiger partial charge in [-0.3, -0.25) is 4.31 Å². The van der Waals surface area contributed by atoms with Crippen LogP contribution in [0.25, 0.3) is 5.69 Å². The molecule has 1 aliphatic rings. The Morgan fingerprint density at radius 3 is 2.45 bits per heavy atom. The van der Waals surface area contributed by atoms with Crippen LogP contribution in [-0.4, -0.2) is 25.7 Å². The minimum atomic E-state index is -4.15. The first kappa shape index (κ1) is 22.4. The van der Waals surface area contributed by atoms with E-state index < -0.39 is 28.0 Å². The van der Waals surface area contributed by atoms with Gasteiger partial charge in [-0.2, -0.15) is 5.26 Å². The van der Waals surface area contributed by atoms with Crippen molar-refractivity contribution < 1.29 is 27.1 Å². The number of nitriles is 1. The molecule has 1 aliphatic heterocycles. The predicted octanol–water partition coefficient (Wildman–Crippen LogP) is 4.68. The predicted molar refractivity (Wildman–Crippen MR) is 117 cm³/mol. The van der Waals surface area contributed by atoms with Crippen LogP contribution < -0.4 is 9.04 Å². The number of hydrogen-bond donors (Lipinski definition) is 0. The van der Waals surface area contributed by atoms with E-state index in [4.69, 9.17) is 9.47 Å². The number of carbonyl (C=O) groups excluding carboxylic acids is 1. The molecule has 1 atom stereocenters. The van der Waals surface area contributed by atoms with Crippen molar-refractivity contribution in [3.05, 3.63) is 71.8 Å². The number of hydrogen-bond acceptors (Lipinski definition) is 6. The van der Waals surface area contributed by atoms with E-state index in [0.29, 0.717) is 23.5 Å². The molecular weight excluding hydrogens is 449 g/mol. The van der Waals surface area contributed by atoms with Crippen LogP contribution in [0.5, 0.6) is 5.75 Å². The third kappa shape index (κ3) is 3.81. The number of ether oxygens (including phenoxy) is 2. The molecule has 2 heterocycles. The molecule has 4 rings (SSSR count). The highest BCUT2D eigenvalue weighted by Crippen LogP contribution is 2.45. The lowest BCUT2D eigenvalue weighted by Crippen LogP contribution is -2.39. The van der Waals surface area contributed by atoms with Crippen LogP contribution in [0.3, 0.4) is 0 Å². The number of benzene rings is 2. The SMILES string of the molecule is CCOC(=O)Oc1ccc(S(=O)(=O)N2c3cc(F)ccc3-n3c(C#N)ccc3C2CC)cc1. The lowest BCUT2D eigenvalue weighted by Gasteiger charge is -2.38. The quantitative estimate of drug-likeness (QED) is 0.397. The van der Waals surface area contributed by atoms with Crippen molar-refractivity contribution in [1.29, 1.82) is 5.26 Å². The molecule has 8 nitrogen and oxygen atoms in total. The van der Waals surface area contributed by atoms with E-state index in [2.05, 4.69) is 6.07 Å². The van der Waals surface area contributed by atoms with Crippen LogP contribution in [0.1, 0.15) is 37.7 Å².